The van der Waals surface area contributed by atoms with Gasteiger partial charge in [0, 0.05) is 18.1 Å². The molecule has 0 saturated carbocycles. The maximum atomic E-state index is 9.34. The molecule has 0 amide bonds. The second-order valence-electron chi connectivity index (χ2n) is 4.29. The summed E-state index contributed by atoms with van der Waals surface area (Å²) in [7, 11) is 1.95. The van der Waals surface area contributed by atoms with Crippen molar-refractivity contribution in [1.82, 2.24) is 9.97 Å². The van der Waals surface area contributed by atoms with Crippen LogP contribution in [0.2, 0.25) is 0 Å². The Morgan fingerprint density at radius 1 is 0.947 bits per heavy atom. The zero-order chi connectivity index (χ0) is 13.2. The molecule has 0 aliphatic heterocycles. The fourth-order valence-electron chi connectivity index (χ4n) is 2.06. The van der Waals surface area contributed by atoms with Gasteiger partial charge in [-0.25, -0.2) is 9.97 Å². The van der Waals surface area contributed by atoms with Crippen LogP contribution in [-0.2, 0) is 0 Å². The van der Waals surface area contributed by atoms with Gasteiger partial charge in [-0.3, -0.25) is 0 Å². The molecule has 0 spiro atoms. The highest BCUT2D eigenvalue weighted by Crippen LogP contribution is 2.28. The van der Waals surface area contributed by atoms with Crippen LogP contribution in [0.1, 0.15) is 0 Å². The fraction of sp³-hybridized carbons (Fsp3) is 0.0667. The molecule has 19 heavy (non-hydrogen) atoms. The summed E-state index contributed by atoms with van der Waals surface area (Å²) in [6.07, 6.45) is 1.56. The topological polar surface area (TPSA) is 49.2 Å². The number of phenols is 1. The standard InChI is InChI=1S/C15H13N3O/c1-18(11-6-8-12(19)9-7-11)15-13-4-2-3-5-14(13)16-10-17-15/h2-10,19H,1H3. The van der Waals surface area contributed by atoms with E-state index in [1.54, 1.807) is 18.5 Å². The number of phenolic OH excluding ortho intramolecular Hbond substituents is 1. The highest BCUT2D eigenvalue weighted by atomic mass is 16.3. The molecule has 0 fully saturated rings. The van der Waals surface area contributed by atoms with Crippen LogP contribution in [0, 0.1) is 0 Å². The number of hydrogen-bond donors (Lipinski definition) is 1. The number of aromatic hydroxyl groups is 1. The lowest BCUT2D eigenvalue weighted by molar-refractivity contribution is 0.475. The number of rotatable bonds is 2. The van der Waals surface area contributed by atoms with Crippen molar-refractivity contribution in [2.75, 3.05) is 11.9 Å². The first-order valence-corrected chi connectivity index (χ1v) is 5.98. The van der Waals surface area contributed by atoms with Gasteiger partial charge in [-0.05, 0) is 36.4 Å². The summed E-state index contributed by atoms with van der Waals surface area (Å²) in [4.78, 5) is 10.6. The van der Waals surface area contributed by atoms with E-state index in [1.165, 1.54) is 0 Å². The van der Waals surface area contributed by atoms with Gasteiger partial charge in [0.15, 0.2) is 0 Å². The average molecular weight is 251 g/mol. The molecule has 0 aliphatic carbocycles. The number of anilines is 2. The summed E-state index contributed by atoms with van der Waals surface area (Å²) in [5, 5.41) is 10.3. The van der Waals surface area contributed by atoms with E-state index in [0.29, 0.717) is 0 Å². The number of para-hydroxylation sites is 1. The Morgan fingerprint density at radius 3 is 2.47 bits per heavy atom. The Kier molecular flexibility index (Phi) is 2.76. The Hall–Kier alpha value is -2.62. The van der Waals surface area contributed by atoms with Crippen molar-refractivity contribution in [3.05, 3.63) is 54.9 Å². The molecular formula is C15H13N3O. The monoisotopic (exact) mass is 251 g/mol. The maximum absolute atomic E-state index is 9.34. The summed E-state index contributed by atoms with van der Waals surface area (Å²) in [6, 6.07) is 14.9. The van der Waals surface area contributed by atoms with Gasteiger partial charge >= 0.3 is 0 Å². The number of nitrogens with zero attached hydrogens (tertiary/aromatic N) is 3. The lowest BCUT2D eigenvalue weighted by Crippen LogP contribution is -2.11. The molecule has 3 aromatic rings. The number of benzene rings is 2. The molecule has 4 nitrogen and oxygen atoms in total. The summed E-state index contributed by atoms with van der Waals surface area (Å²) in [6.45, 7) is 0. The number of aromatic nitrogens is 2. The van der Waals surface area contributed by atoms with Gasteiger partial charge in [0.25, 0.3) is 0 Å². The third-order valence-corrected chi connectivity index (χ3v) is 3.08. The Bertz CT molecular complexity index is 705. The third kappa shape index (κ3) is 2.08. The van der Waals surface area contributed by atoms with E-state index in [1.807, 2.05) is 48.3 Å². The molecule has 0 unspecified atom stereocenters. The molecule has 1 heterocycles. The molecule has 1 N–H and O–H groups in total. The molecule has 0 atom stereocenters. The minimum Gasteiger partial charge on any atom is -0.508 e. The lowest BCUT2D eigenvalue weighted by atomic mass is 10.2. The van der Waals surface area contributed by atoms with E-state index in [2.05, 4.69) is 9.97 Å². The summed E-state index contributed by atoms with van der Waals surface area (Å²) in [5.41, 5.74) is 1.87. The molecule has 0 aliphatic rings. The second kappa shape index (κ2) is 4.57. The smallest absolute Gasteiger partial charge is 0.144 e. The van der Waals surface area contributed by atoms with Crippen molar-refractivity contribution in [2.45, 2.75) is 0 Å². The molecule has 1 aromatic heterocycles. The van der Waals surface area contributed by atoms with Crippen LogP contribution in [0.15, 0.2) is 54.9 Å². The first kappa shape index (κ1) is 11.5. The highest BCUT2D eigenvalue weighted by Gasteiger charge is 2.09. The predicted octanol–water partition coefficient (Wildman–Crippen LogP) is 3.10. The Balaban J connectivity index is 2.11. The zero-order valence-corrected chi connectivity index (χ0v) is 10.5. The van der Waals surface area contributed by atoms with Gasteiger partial charge in [-0.2, -0.15) is 0 Å². The highest BCUT2D eigenvalue weighted by molar-refractivity contribution is 5.91. The number of hydrogen-bond acceptors (Lipinski definition) is 4. The van der Waals surface area contributed by atoms with Gasteiger partial charge in [0.1, 0.15) is 17.9 Å². The lowest BCUT2D eigenvalue weighted by Gasteiger charge is -2.19. The molecule has 0 radical (unpaired) electrons. The van der Waals surface area contributed by atoms with Gasteiger partial charge in [-0.1, -0.05) is 12.1 Å². The summed E-state index contributed by atoms with van der Waals surface area (Å²) >= 11 is 0. The third-order valence-electron chi connectivity index (χ3n) is 3.08. The van der Waals surface area contributed by atoms with Crippen LogP contribution < -0.4 is 4.90 Å². The average Bonchev–Trinajstić information content (AvgIpc) is 2.47. The number of fused-ring (bicyclic) bond motifs is 1. The molecule has 4 heteroatoms. The van der Waals surface area contributed by atoms with Crippen LogP contribution in [-0.4, -0.2) is 22.1 Å². The van der Waals surface area contributed by atoms with Crippen molar-refractivity contribution in [1.29, 1.82) is 0 Å². The molecule has 0 bridgehead atoms. The summed E-state index contributed by atoms with van der Waals surface area (Å²) < 4.78 is 0. The van der Waals surface area contributed by atoms with Crippen molar-refractivity contribution >= 4 is 22.4 Å². The zero-order valence-electron chi connectivity index (χ0n) is 10.5. The normalized spacial score (nSPS) is 10.6. The maximum Gasteiger partial charge on any atom is 0.144 e. The van der Waals surface area contributed by atoms with E-state index >= 15 is 0 Å². The van der Waals surface area contributed by atoms with Gasteiger partial charge in [-0.15, -0.1) is 0 Å². The van der Waals surface area contributed by atoms with Crippen LogP contribution >= 0.6 is 0 Å². The summed E-state index contributed by atoms with van der Waals surface area (Å²) in [5.74, 6) is 1.10. The minimum absolute atomic E-state index is 0.254. The predicted molar refractivity (Wildman–Crippen MR) is 75.7 cm³/mol. The molecule has 94 valence electrons. The molecule has 3 rings (SSSR count). The Morgan fingerprint density at radius 2 is 1.68 bits per heavy atom. The van der Waals surface area contributed by atoms with E-state index < -0.39 is 0 Å². The molecular weight excluding hydrogens is 238 g/mol. The van der Waals surface area contributed by atoms with Gasteiger partial charge in [0.2, 0.25) is 0 Å². The van der Waals surface area contributed by atoms with Gasteiger partial charge < -0.3 is 10.0 Å². The molecule has 2 aromatic carbocycles. The van der Waals surface area contributed by atoms with E-state index in [0.717, 1.165) is 22.4 Å². The largest absolute Gasteiger partial charge is 0.508 e. The first-order chi connectivity index (χ1) is 9.25. The minimum atomic E-state index is 0.254. The van der Waals surface area contributed by atoms with Crippen LogP contribution in [0.5, 0.6) is 5.75 Å². The van der Waals surface area contributed by atoms with Gasteiger partial charge in [0.05, 0.1) is 5.52 Å². The van der Waals surface area contributed by atoms with E-state index in [4.69, 9.17) is 0 Å². The van der Waals surface area contributed by atoms with Crippen LogP contribution in [0.4, 0.5) is 11.5 Å². The SMILES string of the molecule is CN(c1ccc(O)cc1)c1ncnc2ccccc12. The van der Waals surface area contributed by atoms with E-state index in [9.17, 15) is 5.11 Å². The first-order valence-electron chi connectivity index (χ1n) is 5.98. The van der Waals surface area contributed by atoms with E-state index in [-0.39, 0.29) is 5.75 Å². The van der Waals surface area contributed by atoms with Crippen molar-refractivity contribution in [2.24, 2.45) is 0 Å². The molecule has 0 saturated heterocycles. The second-order valence-corrected chi connectivity index (χ2v) is 4.29. The Labute approximate surface area is 111 Å². The van der Waals surface area contributed by atoms with Crippen LogP contribution in [0.25, 0.3) is 10.9 Å². The van der Waals surface area contributed by atoms with Crippen molar-refractivity contribution < 1.29 is 5.11 Å². The van der Waals surface area contributed by atoms with Crippen molar-refractivity contribution in [3.8, 4) is 5.75 Å². The van der Waals surface area contributed by atoms with Crippen molar-refractivity contribution in [3.63, 3.8) is 0 Å². The van der Waals surface area contributed by atoms with Crippen LogP contribution in [0.3, 0.4) is 0 Å². The fourth-order valence-corrected chi connectivity index (χ4v) is 2.06. The quantitative estimate of drug-likeness (QED) is 0.760.